The van der Waals surface area contributed by atoms with Gasteiger partial charge in [0, 0.05) is 12.4 Å². The van der Waals surface area contributed by atoms with Gasteiger partial charge in [0.05, 0.1) is 13.4 Å². The van der Waals surface area contributed by atoms with Crippen LogP contribution in [0.3, 0.4) is 0 Å². The third-order valence-electron chi connectivity index (χ3n) is 1.74. The van der Waals surface area contributed by atoms with Gasteiger partial charge in [0.2, 0.25) is 5.75 Å². The van der Waals surface area contributed by atoms with Crippen LogP contribution in [0.25, 0.3) is 5.82 Å². The van der Waals surface area contributed by atoms with Gasteiger partial charge in [-0.2, -0.15) is 0 Å². The Bertz CT molecular complexity index is 474. The fourth-order valence-electron chi connectivity index (χ4n) is 1.13. The molecule has 2 rings (SSSR count). The molecule has 0 radical (unpaired) electrons. The van der Waals surface area contributed by atoms with Crippen molar-refractivity contribution >= 4 is 0 Å². The van der Waals surface area contributed by atoms with Crippen molar-refractivity contribution in [2.75, 3.05) is 7.11 Å². The normalized spacial score (nSPS) is 10.1. The summed E-state index contributed by atoms with van der Waals surface area (Å²) in [4.78, 5) is 21.6. The number of hydrogen-bond acceptors (Lipinski definition) is 4. The van der Waals surface area contributed by atoms with E-state index >= 15 is 0 Å². The van der Waals surface area contributed by atoms with E-state index in [0.29, 0.717) is 5.82 Å². The number of imidazole rings is 1. The van der Waals surface area contributed by atoms with E-state index in [1.54, 1.807) is 23.3 Å². The number of methoxy groups -OCH3 is 1. The van der Waals surface area contributed by atoms with Crippen molar-refractivity contribution in [3.05, 3.63) is 35.4 Å². The molecule has 0 saturated carbocycles. The Morgan fingerprint density at radius 2 is 2.43 bits per heavy atom. The lowest BCUT2D eigenvalue weighted by Crippen LogP contribution is -2.13. The van der Waals surface area contributed by atoms with Crippen LogP contribution in [0.1, 0.15) is 0 Å². The van der Waals surface area contributed by atoms with Gasteiger partial charge in [-0.05, 0) is 0 Å². The summed E-state index contributed by atoms with van der Waals surface area (Å²) < 4.78 is 6.55. The second-order valence-corrected chi connectivity index (χ2v) is 2.56. The first-order valence-corrected chi connectivity index (χ1v) is 3.93. The lowest BCUT2D eigenvalue weighted by Gasteiger charge is -2.04. The molecule has 0 aliphatic carbocycles. The van der Waals surface area contributed by atoms with Crippen LogP contribution in [0.15, 0.2) is 29.8 Å². The zero-order chi connectivity index (χ0) is 9.97. The van der Waals surface area contributed by atoms with Gasteiger partial charge in [-0.25, -0.2) is 9.97 Å². The zero-order valence-electron chi connectivity index (χ0n) is 7.47. The molecule has 0 amide bonds. The monoisotopic (exact) mass is 192 g/mol. The number of nitrogens with one attached hydrogen (secondary N) is 1. The van der Waals surface area contributed by atoms with Crippen molar-refractivity contribution in [1.82, 2.24) is 19.5 Å². The Kier molecular flexibility index (Phi) is 2.02. The fraction of sp³-hybridized carbons (Fsp3) is 0.125. The fourth-order valence-corrected chi connectivity index (χ4v) is 1.13. The van der Waals surface area contributed by atoms with E-state index in [9.17, 15) is 4.79 Å². The summed E-state index contributed by atoms with van der Waals surface area (Å²) in [5, 5.41) is 0. The topological polar surface area (TPSA) is 72.8 Å². The number of aromatic nitrogens is 4. The molecular formula is C8H8N4O2. The first-order valence-electron chi connectivity index (χ1n) is 3.93. The second-order valence-electron chi connectivity index (χ2n) is 2.56. The summed E-state index contributed by atoms with van der Waals surface area (Å²) in [5.74, 6) is 0.597. The van der Waals surface area contributed by atoms with Crippen molar-refractivity contribution < 1.29 is 4.74 Å². The van der Waals surface area contributed by atoms with E-state index in [4.69, 9.17) is 4.74 Å². The van der Waals surface area contributed by atoms with Crippen LogP contribution in [0.5, 0.6) is 5.75 Å². The molecule has 0 spiro atoms. The van der Waals surface area contributed by atoms with Gasteiger partial charge in [-0.3, -0.25) is 9.36 Å². The SMILES string of the molecule is COc1c(-n2ccnc2)nc[nH]c1=O. The molecule has 0 aliphatic rings. The number of ether oxygens (including phenoxy) is 1. The first-order chi connectivity index (χ1) is 6.83. The molecule has 2 heterocycles. The van der Waals surface area contributed by atoms with Crippen LogP contribution in [-0.4, -0.2) is 26.6 Å². The van der Waals surface area contributed by atoms with Gasteiger partial charge in [0.15, 0.2) is 5.82 Å². The highest BCUT2D eigenvalue weighted by Crippen LogP contribution is 2.12. The summed E-state index contributed by atoms with van der Waals surface area (Å²) >= 11 is 0. The average Bonchev–Trinajstić information content (AvgIpc) is 2.70. The zero-order valence-corrected chi connectivity index (χ0v) is 7.47. The van der Waals surface area contributed by atoms with Gasteiger partial charge in [0.1, 0.15) is 6.33 Å². The van der Waals surface area contributed by atoms with Gasteiger partial charge in [-0.1, -0.05) is 0 Å². The Morgan fingerprint density at radius 3 is 3.07 bits per heavy atom. The van der Waals surface area contributed by atoms with Crippen molar-refractivity contribution in [3.8, 4) is 11.6 Å². The standard InChI is InChI=1S/C8H8N4O2/c1-14-6-7(10-4-11-8(6)13)12-3-2-9-5-12/h2-5H,1H3,(H,10,11,13). The first kappa shape index (κ1) is 8.49. The Morgan fingerprint density at radius 1 is 1.57 bits per heavy atom. The van der Waals surface area contributed by atoms with Gasteiger partial charge in [-0.15, -0.1) is 0 Å². The summed E-state index contributed by atoms with van der Waals surface area (Å²) in [6.07, 6.45) is 6.15. The summed E-state index contributed by atoms with van der Waals surface area (Å²) in [7, 11) is 1.42. The molecule has 0 saturated heterocycles. The van der Waals surface area contributed by atoms with Crippen LogP contribution in [0, 0.1) is 0 Å². The maximum atomic E-state index is 11.3. The minimum Gasteiger partial charge on any atom is -0.488 e. The van der Waals surface area contributed by atoms with E-state index in [1.165, 1.54) is 13.4 Å². The molecule has 14 heavy (non-hydrogen) atoms. The number of H-pyrrole nitrogens is 1. The molecule has 2 aromatic rings. The minimum atomic E-state index is -0.314. The smallest absolute Gasteiger partial charge is 0.295 e. The van der Waals surface area contributed by atoms with E-state index in [0.717, 1.165) is 0 Å². The van der Waals surface area contributed by atoms with Crippen LogP contribution < -0.4 is 10.3 Å². The molecule has 6 nitrogen and oxygen atoms in total. The number of hydrogen-bond donors (Lipinski definition) is 1. The highest BCUT2D eigenvalue weighted by Gasteiger charge is 2.09. The molecule has 6 heteroatoms. The van der Waals surface area contributed by atoms with Gasteiger partial charge >= 0.3 is 0 Å². The molecule has 2 aromatic heterocycles. The highest BCUT2D eigenvalue weighted by atomic mass is 16.5. The van der Waals surface area contributed by atoms with Crippen molar-refractivity contribution in [2.24, 2.45) is 0 Å². The van der Waals surface area contributed by atoms with Crippen molar-refractivity contribution in [2.45, 2.75) is 0 Å². The molecular weight excluding hydrogens is 184 g/mol. The van der Waals surface area contributed by atoms with Crippen molar-refractivity contribution in [3.63, 3.8) is 0 Å². The number of rotatable bonds is 2. The Labute approximate surface area is 79.2 Å². The molecule has 0 aliphatic heterocycles. The maximum Gasteiger partial charge on any atom is 0.295 e. The maximum absolute atomic E-state index is 11.3. The Balaban J connectivity index is 2.64. The predicted molar refractivity (Wildman–Crippen MR) is 48.5 cm³/mol. The highest BCUT2D eigenvalue weighted by molar-refractivity contribution is 5.37. The van der Waals surface area contributed by atoms with Crippen LogP contribution in [0.4, 0.5) is 0 Å². The summed E-state index contributed by atoms with van der Waals surface area (Å²) in [6, 6.07) is 0. The molecule has 72 valence electrons. The molecule has 1 N–H and O–H groups in total. The third-order valence-corrected chi connectivity index (χ3v) is 1.74. The lowest BCUT2D eigenvalue weighted by molar-refractivity contribution is 0.403. The van der Waals surface area contributed by atoms with E-state index in [1.807, 2.05) is 0 Å². The second kappa shape index (κ2) is 3.33. The van der Waals surface area contributed by atoms with E-state index < -0.39 is 0 Å². The molecule has 0 unspecified atom stereocenters. The predicted octanol–water partition coefficient (Wildman–Crippen LogP) is -0.0358. The van der Waals surface area contributed by atoms with Crippen LogP contribution >= 0.6 is 0 Å². The lowest BCUT2D eigenvalue weighted by atomic mass is 10.5. The molecule has 0 atom stereocenters. The number of nitrogens with zero attached hydrogens (tertiary/aromatic N) is 3. The Hall–Kier alpha value is -2.11. The summed E-state index contributed by atoms with van der Waals surface area (Å²) in [6.45, 7) is 0. The van der Waals surface area contributed by atoms with Gasteiger partial charge < -0.3 is 9.72 Å². The van der Waals surface area contributed by atoms with Crippen molar-refractivity contribution in [1.29, 1.82) is 0 Å². The summed E-state index contributed by atoms with van der Waals surface area (Å²) in [5.41, 5.74) is -0.314. The molecule has 0 fully saturated rings. The number of aromatic amines is 1. The molecule has 0 aromatic carbocycles. The van der Waals surface area contributed by atoms with Crippen LogP contribution in [0.2, 0.25) is 0 Å². The largest absolute Gasteiger partial charge is 0.488 e. The third kappa shape index (κ3) is 1.26. The van der Waals surface area contributed by atoms with E-state index in [2.05, 4.69) is 15.0 Å². The minimum absolute atomic E-state index is 0.172. The molecule has 0 bridgehead atoms. The van der Waals surface area contributed by atoms with E-state index in [-0.39, 0.29) is 11.3 Å². The van der Waals surface area contributed by atoms with Gasteiger partial charge in [0.25, 0.3) is 5.56 Å². The van der Waals surface area contributed by atoms with Crippen LogP contribution in [-0.2, 0) is 0 Å². The average molecular weight is 192 g/mol. The quantitative estimate of drug-likeness (QED) is 0.724.